The van der Waals surface area contributed by atoms with E-state index in [1.807, 2.05) is 0 Å². The van der Waals surface area contributed by atoms with Crippen LogP contribution < -0.4 is 0 Å². The van der Waals surface area contributed by atoms with Crippen molar-refractivity contribution in [2.24, 2.45) is 0 Å². The normalized spacial score (nSPS) is 26.4. The fourth-order valence-corrected chi connectivity index (χ4v) is 2.55. The van der Waals surface area contributed by atoms with Gasteiger partial charge in [-0.2, -0.15) is 11.8 Å². The van der Waals surface area contributed by atoms with Crippen LogP contribution in [0.5, 0.6) is 0 Å². The molecule has 1 aliphatic rings. The minimum absolute atomic E-state index is 0.817. The summed E-state index contributed by atoms with van der Waals surface area (Å²) in [5.74, 6) is 3.95. The summed E-state index contributed by atoms with van der Waals surface area (Å²) in [6.45, 7) is 5.44. The van der Waals surface area contributed by atoms with E-state index in [-0.39, 0.29) is 0 Å². The SMILES string of the molecule is C#CCN1CCSC(CC)C1. The Morgan fingerprint density at radius 2 is 2.55 bits per heavy atom. The van der Waals surface area contributed by atoms with Crippen LogP contribution in [0, 0.1) is 12.3 Å². The molecule has 1 rings (SSSR count). The van der Waals surface area contributed by atoms with E-state index in [9.17, 15) is 0 Å². The first-order valence-corrected chi connectivity index (χ1v) is 5.19. The zero-order chi connectivity index (χ0) is 8.10. The Kier molecular flexibility index (Phi) is 3.82. The fourth-order valence-electron chi connectivity index (χ4n) is 1.30. The molecule has 0 aliphatic carbocycles. The fraction of sp³-hybridized carbons (Fsp3) is 0.778. The van der Waals surface area contributed by atoms with Crippen molar-refractivity contribution in [2.45, 2.75) is 18.6 Å². The van der Waals surface area contributed by atoms with Crippen molar-refractivity contribution in [1.29, 1.82) is 0 Å². The molecule has 0 aromatic carbocycles. The molecule has 11 heavy (non-hydrogen) atoms. The maximum atomic E-state index is 5.25. The van der Waals surface area contributed by atoms with E-state index in [0.717, 1.165) is 11.8 Å². The Morgan fingerprint density at radius 3 is 3.18 bits per heavy atom. The van der Waals surface area contributed by atoms with E-state index in [0.29, 0.717) is 0 Å². The summed E-state index contributed by atoms with van der Waals surface area (Å²) in [6.07, 6.45) is 6.52. The summed E-state index contributed by atoms with van der Waals surface area (Å²) < 4.78 is 0. The van der Waals surface area contributed by atoms with E-state index in [4.69, 9.17) is 6.42 Å². The summed E-state index contributed by atoms with van der Waals surface area (Å²) in [5.41, 5.74) is 0. The second kappa shape index (κ2) is 4.69. The van der Waals surface area contributed by atoms with Gasteiger partial charge in [-0.25, -0.2) is 0 Å². The Labute approximate surface area is 73.5 Å². The van der Waals surface area contributed by atoms with Gasteiger partial charge >= 0.3 is 0 Å². The van der Waals surface area contributed by atoms with E-state index in [1.54, 1.807) is 0 Å². The highest BCUT2D eigenvalue weighted by atomic mass is 32.2. The summed E-state index contributed by atoms with van der Waals surface area (Å²) in [5, 5.41) is 0.817. The molecule has 1 aliphatic heterocycles. The molecule has 1 fully saturated rings. The lowest BCUT2D eigenvalue weighted by Crippen LogP contribution is -2.37. The van der Waals surface area contributed by atoms with Crippen LogP contribution >= 0.6 is 11.8 Å². The molecule has 0 spiro atoms. The van der Waals surface area contributed by atoms with Gasteiger partial charge in [-0.3, -0.25) is 4.90 Å². The van der Waals surface area contributed by atoms with Crippen LogP contribution in [0.25, 0.3) is 0 Å². The lowest BCUT2D eigenvalue weighted by atomic mass is 10.3. The van der Waals surface area contributed by atoms with Gasteiger partial charge in [0.05, 0.1) is 6.54 Å². The number of terminal acetylenes is 1. The van der Waals surface area contributed by atoms with E-state index in [1.165, 1.54) is 25.3 Å². The van der Waals surface area contributed by atoms with Gasteiger partial charge in [0.2, 0.25) is 0 Å². The lowest BCUT2D eigenvalue weighted by molar-refractivity contribution is 0.315. The van der Waals surface area contributed by atoms with Crippen LogP contribution in [0.15, 0.2) is 0 Å². The maximum Gasteiger partial charge on any atom is 0.0599 e. The van der Waals surface area contributed by atoms with Crippen LogP contribution in [0.3, 0.4) is 0 Å². The highest BCUT2D eigenvalue weighted by Crippen LogP contribution is 2.20. The quantitative estimate of drug-likeness (QED) is 0.576. The van der Waals surface area contributed by atoms with Crippen LogP contribution in [0.2, 0.25) is 0 Å². The zero-order valence-corrected chi connectivity index (χ0v) is 7.86. The van der Waals surface area contributed by atoms with Crippen molar-refractivity contribution >= 4 is 11.8 Å². The number of thioether (sulfide) groups is 1. The Morgan fingerprint density at radius 1 is 1.73 bits per heavy atom. The van der Waals surface area contributed by atoms with Crippen LogP contribution in [-0.4, -0.2) is 35.5 Å². The van der Waals surface area contributed by atoms with Crippen molar-refractivity contribution in [3.05, 3.63) is 0 Å². The summed E-state index contributed by atoms with van der Waals surface area (Å²) >= 11 is 2.08. The van der Waals surface area contributed by atoms with Crippen molar-refractivity contribution in [1.82, 2.24) is 4.90 Å². The Bertz CT molecular complexity index is 150. The topological polar surface area (TPSA) is 3.24 Å². The van der Waals surface area contributed by atoms with Crippen molar-refractivity contribution in [3.63, 3.8) is 0 Å². The molecule has 0 bridgehead atoms. The molecule has 1 nitrogen and oxygen atoms in total. The first kappa shape index (κ1) is 8.96. The molecule has 2 heteroatoms. The van der Waals surface area contributed by atoms with Gasteiger partial charge in [0.25, 0.3) is 0 Å². The third-order valence-electron chi connectivity index (χ3n) is 1.99. The molecule has 1 saturated heterocycles. The van der Waals surface area contributed by atoms with Gasteiger partial charge in [0.1, 0.15) is 0 Å². The number of nitrogens with zero attached hydrogens (tertiary/aromatic N) is 1. The monoisotopic (exact) mass is 169 g/mol. The molecule has 0 radical (unpaired) electrons. The molecule has 1 unspecified atom stereocenters. The summed E-state index contributed by atoms with van der Waals surface area (Å²) in [6, 6.07) is 0. The third kappa shape index (κ3) is 2.76. The van der Waals surface area contributed by atoms with Gasteiger partial charge in [-0.1, -0.05) is 12.8 Å². The lowest BCUT2D eigenvalue weighted by Gasteiger charge is -2.30. The van der Waals surface area contributed by atoms with E-state index in [2.05, 4.69) is 29.5 Å². The summed E-state index contributed by atoms with van der Waals surface area (Å²) in [7, 11) is 0. The largest absolute Gasteiger partial charge is 0.290 e. The number of rotatable bonds is 2. The molecule has 1 atom stereocenters. The number of hydrogen-bond acceptors (Lipinski definition) is 2. The van der Waals surface area contributed by atoms with Gasteiger partial charge in [-0.05, 0) is 6.42 Å². The highest BCUT2D eigenvalue weighted by molar-refractivity contribution is 8.00. The predicted molar refractivity (Wildman–Crippen MR) is 51.8 cm³/mol. The summed E-state index contributed by atoms with van der Waals surface area (Å²) in [4.78, 5) is 2.37. The molecular weight excluding hydrogens is 154 g/mol. The van der Waals surface area contributed by atoms with Crippen LogP contribution in [-0.2, 0) is 0 Å². The van der Waals surface area contributed by atoms with Gasteiger partial charge < -0.3 is 0 Å². The molecule has 0 aromatic rings. The van der Waals surface area contributed by atoms with Gasteiger partial charge in [0, 0.05) is 24.1 Å². The molecule has 0 N–H and O–H groups in total. The van der Waals surface area contributed by atoms with Crippen LogP contribution in [0.1, 0.15) is 13.3 Å². The van der Waals surface area contributed by atoms with Crippen molar-refractivity contribution in [3.8, 4) is 12.3 Å². The first-order chi connectivity index (χ1) is 5.36. The van der Waals surface area contributed by atoms with Gasteiger partial charge in [0.15, 0.2) is 0 Å². The average molecular weight is 169 g/mol. The molecular formula is C9H15NS. The smallest absolute Gasteiger partial charge is 0.0599 e. The third-order valence-corrected chi connectivity index (χ3v) is 3.37. The second-order valence-electron chi connectivity index (χ2n) is 2.84. The van der Waals surface area contributed by atoms with E-state index >= 15 is 0 Å². The van der Waals surface area contributed by atoms with Crippen molar-refractivity contribution < 1.29 is 0 Å². The molecule has 1 heterocycles. The second-order valence-corrected chi connectivity index (χ2v) is 4.25. The van der Waals surface area contributed by atoms with E-state index < -0.39 is 0 Å². The Hall–Kier alpha value is -0.130. The number of hydrogen-bond donors (Lipinski definition) is 0. The zero-order valence-electron chi connectivity index (χ0n) is 7.05. The maximum absolute atomic E-state index is 5.25. The predicted octanol–water partition coefficient (Wildman–Crippen LogP) is 1.45. The van der Waals surface area contributed by atoms with Crippen LogP contribution in [0.4, 0.5) is 0 Å². The van der Waals surface area contributed by atoms with Crippen molar-refractivity contribution in [2.75, 3.05) is 25.4 Å². The molecule has 0 amide bonds. The van der Waals surface area contributed by atoms with Gasteiger partial charge in [-0.15, -0.1) is 6.42 Å². The molecule has 0 saturated carbocycles. The standard InChI is InChI=1S/C9H15NS/c1-3-5-10-6-7-11-9(4-2)8-10/h1,9H,4-8H2,2H3. The first-order valence-electron chi connectivity index (χ1n) is 4.14. The minimum Gasteiger partial charge on any atom is -0.290 e. The Balaban J connectivity index is 2.28. The average Bonchev–Trinajstić information content (AvgIpc) is 2.06. The molecule has 0 aromatic heterocycles. The highest BCUT2D eigenvalue weighted by Gasteiger charge is 2.17. The minimum atomic E-state index is 0.817. The molecule has 62 valence electrons.